The Morgan fingerprint density at radius 2 is 1.80 bits per heavy atom. The Balaban J connectivity index is 2.06. The molecule has 0 amide bonds. The first kappa shape index (κ1) is 15.1. The molecule has 0 spiro atoms. The molecule has 110 valence electrons. The van der Waals surface area contributed by atoms with Crippen LogP contribution in [-0.2, 0) is 4.79 Å². The lowest BCUT2D eigenvalue weighted by molar-refractivity contribution is -0.153. The van der Waals surface area contributed by atoms with Gasteiger partial charge >= 0.3 is 0 Å². The van der Waals surface area contributed by atoms with Gasteiger partial charge in [-0.3, -0.25) is 4.79 Å². The van der Waals surface area contributed by atoms with Crippen LogP contribution in [-0.4, -0.2) is 11.9 Å². The van der Waals surface area contributed by atoms with E-state index in [1.165, 1.54) is 5.56 Å². The van der Waals surface area contributed by atoms with Gasteiger partial charge in [0.05, 0.1) is 5.41 Å². The van der Waals surface area contributed by atoms with Crippen molar-refractivity contribution in [1.29, 1.82) is 0 Å². The number of rotatable bonds is 6. The summed E-state index contributed by atoms with van der Waals surface area (Å²) in [6.07, 6.45) is 3.51. The fourth-order valence-corrected chi connectivity index (χ4v) is 3.14. The van der Waals surface area contributed by atoms with E-state index in [2.05, 4.69) is 39.8 Å². The fourth-order valence-electron chi connectivity index (χ4n) is 3.14. The van der Waals surface area contributed by atoms with Gasteiger partial charge in [-0.15, -0.1) is 0 Å². The summed E-state index contributed by atoms with van der Waals surface area (Å²) in [6, 6.07) is 8.37. The lowest BCUT2D eigenvalue weighted by atomic mass is 9.61. The van der Waals surface area contributed by atoms with Crippen molar-refractivity contribution in [3.05, 3.63) is 29.8 Å². The molecule has 1 fully saturated rings. The first-order chi connectivity index (χ1) is 9.57. The molecular weight excluding hydrogens is 248 g/mol. The van der Waals surface area contributed by atoms with Gasteiger partial charge in [-0.2, -0.15) is 0 Å². The van der Waals surface area contributed by atoms with E-state index >= 15 is 0 Å². The second-order valence-electron chi connectivity index (χ2n) is 5.98. The molecule has 2 unspecified atom stereocenters. The SMILES string of the molecule is CCC(C)c1ccc(OC2CC(=O)C2(CC)CC)cc1. The van der Waals surface area contributed by atoms with E-state index in [0.29, 0.717) is 18.1 Å². The maximum atomic E-state index is 11.9. The lowest BCUT2D eigenvalue weighted by Gasteiger charge is -2.46. The van der Waals surface area contributed by atoms with Gasteiger partial charge in [0, 0.05) is 6.42 Å². The highest BCUT2D eigenvalue weighted by Crippen LogP contribution is 2.45. The molecule has 0 aliphatic heterocycles. The fraction of sp³-hybridized carbons (Fsp3) is 0.611. The van der Waals surface area contributed by atoms with Gasteiger partial charge in [-0.1, -0.05) is 39.8 Å². The summed E-state index contributed by atoms with van der Waals surface area (Å²) in [6.45, 7) is 8.61. The van der Waals surface area contributed by atoms with Crippen LogP contribution in [0.1, 0.15) is 64.9 Å². The van der Waals surface area contributed by atoms with Crippen LogP contribution in [0.2, 0.25) is 0 Å². The number of benzene rings is 1. The summed E-state index contributed by atoms with van der Waals surface area (Å²) >= 11 is 0. The van der Waals surface area contributed by atoms with Crippen LogP contribution in [0.4, 0.5) is 0 Å². The zero-order chi connectivity index (χ0) is 14.8. The molecule has 1 aliphatic carbocycles. The van der Waals surface area contributed by atoms with Gasteiger partial charge < -0.3 is 4.74 Å². The molecule has 0 bridgehead atoms. The van der Waals surface area contributed by atoms with Gasteiger partial charge in [0.25, 0.3) is 0 Å². The third kappa shape index (κ3) is 2.48. The minimum absolute atomic E-state index is 0.0550. The first-order valence-corrected chi connectivity index (χ1v) is 7.87. The molecule has 0 N–H and O–H groups in total. The second kappa shape index (κ2) is 5.99. The van der Waals surface area contributed by atoms with Crippen LogP contribution in [0.25, 0.3) is 0 Å². The van der Waals surface area contributed by atoms with Crippen molar-refractivity contribution in [3.8, 4) is 5.75 Å². The second-order valence-corrected chi connectivity index (χ2v) is 5.98. The summed E-state index contributed by atoms with van der Waals surface area (Å²) in [4.78, 5) is 11.9. The zero-order valence-electron chi connectivity index (χ0n) is 13.1. The van der Waals surface area contributed by atoms with Crippen LogP contribution >= 0.6 is 0 Å². The van der Waals surface area contributed by atoms with Crippen molar-refractivity contribution in [1.82, 2.24) is 0 Å². The number of ketones is 1. The van der Waals surface area contributed by atoms with Crippen LogP contribution in [0, 0.1) is 5.41 Å². The normalized spacial score (nSPS) is 22.2. The van der Waals surface area contributed by atoms with Crippen molar-refractivity contribution in [2.75, 3.05) is 0 Å². The highest BCUT2D eigenvalue weighted by atomic mass is 16.5. The molecule has 2 rings (SSSR count). The van der Waals surface area contributed by atoms with Crippen molar-refractivity contribution >= 4 is 5.78 Å². The Kier molecular flexibility index (Phi) is 4.52. The molecule has 1 saturated carbocycles. The topological polar surface area (TPSA) is 26.3 Å². The molecule has 0 saturated heterocycles. The quantitative estimate of drug-likeness (QED) is 0.749. The third-order valence-electron chi connectivity index (χ3n) is 5.14. The van der Waals surface area contributed by atoms with E-state index in [1.807, 2.05) is 12.1 Å². The van der Waals surface area contributed by atoms with E-state index in [-0.39, 0.29) is 11.5 Å². The summed E-state index contributed by atoms with van der Waals surface area (Å²) in [7, 11) is 0. The van der Waals surface area contributed by atoms with Crippen LogP contribution < -0.4 is 4.74 Å². The monoisotopic (exact) mass is 274 g/mol. The highest BCUT2D eigenvalue weighted by molar-refractivity contribution is 5.92. The molecular formula is C18H26O2. The van der Waals surface area contributed by atoms with Crippen molar-refractivity contribution in [3.63, 3.8) is 0 Å². The average Bonchev–Trinajstić information content (AvgIpc) is 2.48. The lowest BCUT2D eigenvalue weighted by Crippen LogP contribution is -2.56. The van der Waals surface area contributed by atoms with Gasteiger partial charge in [0.15, 0.2) is 0 Å². The van der Waals surface area contributed by atoms with Gasteiger partial charge in [0.1, 0.15) is 17.6 Å². The molecule has 2 atom stereocenters. The predicted molar refractivity (Wildman–Crippen MR) is 82.2 cm³/mol. The van der Waals surface area contributed by atoms with E-state index in [9.17, 15) is 4.79 Å². The number of hydrogen-bond acceptors (Lipinski definition) is 2. The smallest absolute Gasteiger partial charge is 0.146 e. The molecule has 0 radical (unpaired) electrons. The molecule has 20 heavy (non-hydrogen) atoms. The van der Waals surface area contributed by atoms with Crippen LogP contribution in [0.5, 0.6) is 5.75 Å². The third-order valence-corrected chi connectivity index (χ3v) is 5.14. The maximum absolute atomic E-state index is 11.9. The summed E-state index contributed by atoms with van der Waals surface area (Å²) < 4.78 is 6.07. The predicted octanol–water partition coefficient (Wildman–Crippen LogP) is 4.73. The maximum Gasteiger partial charge on any atom is 0.146 e. The molecule has 2 heteroatoms. The first-order valence-electron chi connectivity index (χ1n) is 7.87. The van der Waals surface area contributed by atoms with E-state index < -0.39 is 0 Å². The number of carbonyl (C=O) groups is 1. The minimum atomic E-state index is -0.241. The number of ether oxygens (including phenoxy) is 1. The largest absolute Gasteiger partial charge is 0.489 e. The standard InChI is InChI=1S/C18H26O2/c1-5-13(4)14-8-10-15(11-9-14)20-17-12-16(19)18(17,6-2)7-3/h8-11,13,17H,5-7,12H2,1-4H3. The Hall–Kier alpha value is -1.31. The summed E-state index contributed by atoms with van der Waals surface area (Å²) in [5.41, 5.74) is 1.11. The molecule has 1 aliphatic rings. The van der Waals surface area contributed by atoms with Crippen molar-refractivity contribution in [2.24, 2.45) is 5.41 Å². The van der Waals surface area contributed by atoms with E-state index in [1.54, 1.807) is 0 Å². The zero-order valence-corrected chi connectivity index (χ0v) is 13.1. The average molecular weight is 274 g/mol. The number of Topliss-reactive ketones (excluding diaryl/α,β-unsaturated/α-hetero) is 1. The molecule has 2 nitrogen and oxygen atoms in total. The summed E-state index contributed by atoms with van der Waals surface area (Å²) in [5.74, 6) is 1.84. The summed E-state index contributed by atoms with van der Waals surface area (Å²) in [5, 5.41) is 0. The van der Waals surface area contributed by atoms with Gasteiger partial charge in [-0.05, 0) is 42.9 Å². The number of carbonyl (C=O) groups excluding carboxylic acids is 1. The van der Waals surface area contributed by atoms with Crippen molar-refractivity contribution < 1.29 is 9.53 Å². The Bertz CT molecular complexity index is 457. The minimum Gasteiger partial charge on any atom is -0.489 e. The Morgan fingerprint density at radius 1 is 1.20 bits per heavy atom. The Morgan fingerprint density at radius 3 is 2.25 bits per heavy atom. The van der Waals surface area contributed by atoms with Gasteiger partial charge in [-0.25, -0.2) is 0 Å². The molecule has 1 aromatic rings. The number of hydrogen-bond donors (Lipinski definition) is 0. The molecule has 1 aromatic carbocycles. The van der Waals surface area contributed by atoms with Gasteiger partial charge in [0.2, 0.25) is 0 Å². The van der Waals surface area contributed by atoms with Crippen molar-refractivity contribution in [2.45, 2.75) is 65.4 Å². The van der Waals surface area contributed by atoms with E-state index in [0.717, 1.165) is 25.0 Å². The van der Waals surface area contributed by atoms with Crippen LogP contribution in [0.3, 0.4) is 0 Å². The highest BCUT2D eigenvalue weighted by Gasteiger charge is 2.53. The molecule has 0 heterocycles. The van der Waals surface area contributed by atoms with E-state index in [4.69, 9.17) is 4.74 Å². The Labute approximate surface area is 122 Å². The molecule has 0 aromatic heterocycles. The van der Waals surface area contributed by atoms with Crippen LogP contribution in [0.15, 0.2) is 24.3 Å².